The molecule has 4 rings (SSSR count). The molecule has 6 N–H and O–H groups in total. The first-order chi connectivity index (χ1) is 22.9. The van der Waals surface area contributed by atoms with Gasteiger partial charge < -0.3 is 34.5 Å². The van der Waals surface area contributed by atoms with Crippen molar-refractivity contribution in [3.63, 3.8) is 0 Å². The molecule has 3 saturated carbocycles. The van der Waals surface area contributed by atoms with Crippen LogP contribution in [0.5, 0.6) is 0 Å². The number of fused-ring (bicyclic) bond motifs is 2. The van der Waals surface area contributed by atoms with E-state index in [-0.39, 0.29) is 36.0 Å². The van der Waals surface area contributed by atoms with Gasteiger partial charge in [-0.25, -0.2) is 0 Å². The van der Waals surface area contributed by atoms with E-state index < -0.39 is 24.4 Å². The van der Waals surface area contributed by atoms with Crippen LogP contribution in [-0.2, 0) is 28.5 Å². The van der Waals surface area contributed by atoms with Gasteiger partial charge in [0.15, 0.2) is 0 Å². The van der Waals surface area contributed by atoms with E-state index in [0.29, 0.717) is 73.7 Å². The van der Waals surface area contributed by atoms with Crippen LogP contribution < -0.4 is 11.1 Å². The summed E-state index contributed by atoms with van der Waals surface area (Å²) in [5.74, 6) is 2.65. The lowest BCUT2D eigenvalue weighted by Crippen LogP contribution is -2.94. The number of carbonyl (C=O) groups is 2. The molecule has 10 heteroatoms. The van der Waals surface area contributed by atoms with Crippen LogP contribution in [0.25, 0.3) is 0 Å². The van der Waals surface area contributed by atoms with Gasteiger partial charge in [-0.15, -0.1) is 0 Å². The van der Waals surface area contributed by atoms with Gasteiger partial charge in [0.1, 0.15) is 18.4 Å². The van der Waals surface area contributed by atoms with E-state index in [1.54, 1.807) is 14.2 Å². The molecule has 0 aromatic carbocycles. The Morgan fingerprint density at radius 1 is 0.854 bits per heavy atom. The predicted octanol–water partition coefficient (Wildman–Crippen LogP) is 3.79. The van der Waals surface area contributed by atoms with Crippen LogP contribution in [0, 0.1) is 53.3 Å². The highest BCUT2D eigenvalue weighted by Crippen LogP contribution is 2.49. The standard InChI is InChI=1S/C38H68N2O8/c1-22(2)31-10-8-25-15-28(31)16-29(17-34(43)32(25)12-14-45-5)36(48-24(4)42)20-30(47-23(3)41)9-7-26-18-37(46-6)35(44)21-33(26)27-11-13-40-38(39)19-27/h22,25-38,40,43-44H,7-21,39H2,1-6H3/p+1/t25-,26?,27?,28-,29-,30-,31+,32+,33?,34-,35?,36-,37?,38?/m1/s1. The van der Waals surface area contributed by atoms with E-state index in [2.05, 4.69) is 19.2 Å². The van der Waals surface area contributed by atoms with Crippen LogP contribution in [0.3, 0.4) is 0 Å². The normalized spacial score (nSPS) is 38.8. The largest absolute Gasteiger partial charge is 0.462 e. The SMILES string of the molecule is COCC[C@H]1[C@@H]2CC[C@@H](C(C)C)[C@H](C2)C[C@@H]([C@@H](C[C@@H](CCC2CC(OC)C(O)CC2C2CC[NH2+]C(N)C2)OC(C)=O)OC(C)=O)C[C@H]1O. The summed E-state index contributed by atoms with van der Waals surface area (Å²) in [5, 5.41) is 24.9. The van der Waals surface area contributed by atoms with Gasteiger partial charge in [0.05, 0.1) is 24.9 Å². The van der Waals surface area contributed by atoms with Crippen LogP contribution in [0.15, 0.2) is 0 Å². The predicted molar refractivity (Wildman–Crippen MR) is 183 cm³/mol. The number of hydrogen-bond donors (Lipinski definition) is 4. The number of aliphatic hydroxyl groups excluding tert-OH is 2. The molecular weight excluding hydrogens is 612 g/mol. The number of esters is 2. The Kier molecular flexibility index (Phi) is 15.5. The summed E-state index contributed by atoms with van der Waals surface area (Å²) in [7, 11) is 3.39. The third-order valence-corrected chi connectivity index (χ3v) is 12.9. The fraction of sp³-hybridized carbons (Fsp3) is 0.947. The van der Waals surface area contributed by atoms with Gasteiger partial charge in [-0.2, -0.15) is 0 Å². The summed E-state index contributed by atoms with van der Waals surface area (Å²) in [5.41, 5.74) is 6.36. The first-order valence-electron chi connectivity index (χ1n) is 19.2. The van der Waals surface area contributed by atoms with Crippen molar-refractivity contribution in [2.45, 2.75) is 148 Å². The van der Waals surface area contributed by atoms with Crippen molar-refractivity contribution in [2.24, 2.45) is 59.0 Å². The average Bonchev–Trinajstić information content (AvgIpc) is 3.02. The van der Waals surface area contributed by atoms with E-state index in [1.807, 2.05) is 0 Å². The van der Waals surface area contributed by atoms with E-state index in [0.717, 1.165) is 64.3 Å². The first kappa shape index (κ1) is 39.5. The highest BCUT2D eigenvalue weighted by molar-refractivity contribution is 5.66. The summed E-state index contributed by atoms with van der Waals surface area (Å²) >= 11 is 0. The second-order valence-electron chi connectivity index (χ2n) is 16.4. The zero-order chi connectivity index (χ0) is 35.0. The summed E-state index contributed by atoms with van der Waals surface area (Å²) in [4.78, 5) is 25.1. The molecule has 1 aliphatic heterocycles. The topological polar surface area (TPSA) is 154 Å². The van der Waals surface area contributed by atoms with Crippen LogP contribution >= 0.6 is 0 Å². The number of ether oxygens (including phenoxy) is 4. The van der Waals surface area contributed by atoms with Gasteiger partial charge in [0, 0.05) is 47.5 Å². The molecule has 278 valence electrons. The van der Waals surface area contributed by atoms with Crippen molar-refractivity contribution < 1.29 is 44.1 Å². The number of nitrogens with two attached hydrogens (primary N) is 2. The minimum absolute atomic E-state index is 0.0345. The lowest BCUT2D eigenvalue weighted by molar-refractivity contribution is -0.699. The zero-order valence-corrected chi connectivity index (χ0v) is 30.8. The van der Waals surface area contributed by atoms with Crippen LogP contribution in [-0.4, -0.2) is 86.2 Å². The Balaban J connectivity index is 1.55. The fourth-order valence-electron chi connectivity index (χ4n) is 10.7. The van der Waals surface area contributed by atoms with Crippen LogP contribution in [0.2, 0.25) is 0 Å². The Hall–Kier alpha value is -1.30. The third-order valence-electron chi connectivity index (χ3n) is 12.9. The number of piperidine rings is 1. The lowest BCUT2D eigenvalue weighted by atomic mass is 9.60. The lowest BCUT2D eigenvalue weighted by Gasteiger charge is -2.47. The second-order valence-corrected chi connectivity index (χ2v) is 16.4. The molecule has 0 aromatic rings. The zero-order valence-electron chi connectivity index (χ0n) is 30.8. The fourth-order valence-corrected chi connectivity index (χ4v) is 10.7. The summed E-state index contributed by atoms with van der Waals surface area (Å²) < 4.78 is 23.3. The molecule has 0 radical (unpaired) electrons. The summed E-state index contributed by atoms with van der Waals surface area (Å²) in [6, 6.07) is 0. The maximum atomic E-state index is 12.6. The molecule has 6 unspecified atom stereocenters. The smallest absolute Gasteiger partial charge is 0.302 e. The number of carbonyl (C=O) groups excluding carboxylic acids is 2. The minimum Gasteiger partial charge on any atom is -0.462 e. The van der Waals surface area contributed by atoms with Crippen molar-refractivity contribution in [1.82, 2.24) is 0 Å². The Morgan fingerprint density at radius 2 is 1.60 bits per heavy atom. The molecule has 3 aliphatic carbocycles. The van der Waals surface area contributed by atoms with Crippen LogP contribution in [0.1, 0.15) is 111 Å². The molecule has 2 bridgehead atoms. The summed E-state index contributed by atoms with van der Waals surface area (Å²) in [6.07, 6.45) is 9.01. The van der Waals surface area contributed by atoms with Gasteiger partial charge in [0.25, 0.3) is 0 Å². The van der Waals surface area contributed by atoms with Crippen LogP contribution in [0.4, 0.5) is 0 Å². The molecule has 4 aliphatic rings. The first-order valence-corrected chi connectivity index (χ1v) is 19.2. The van der Waals surface area contributed by atoms with Crippen molar-refractivity contribution in [2.75, 3.05) is 27.4 Å². The van der Waals surface area contributed by atoms with Crippen molar-refractivity contribution in [3.05, 3.63) is 0 Å². The minimum atomic E-state index is -0.503. The molecular formula is C38H69N2O8+. The van der Waals surface area contributed by atoms with E-state index in [1.165, 1.54) is 13.8 Å². The van der Waals surface area contributed by atoms with Crippen molar-refractivity contribution in [3.8, 4) is 0 Å². The van der Waals surface area contributed by atoms with Crippen molar-refractivity contribution in [1.29, 1.82) is 0 Å². The molecule has 48 heavy (non-hydrogen) atoms. The third kappa shape index (κ3) is 10.8. The maximum Gasteiger partial charge on any atom is 0.302 e. The summed E-state index contributed by atoms with van der Waals surface area (Å²) in [6.45, 7) is 9.17. The number of methoxy groups -OCH3 is 2. The Morgan fingerprint density at radius 3 is 2.25 bits per heavy atom. The van der Waals surface area contributed by atoms with E-state index >= 15 is 0 Å². The monoisotopic (exact) mass is 682 g/mol. The van der Waals surface area contributed by atoms with Gasteiger partial charge in [0.2, 0.25) is 0 Å². The molecule has 0 amide bonds. The molecule has 10 nitrogen and oxygen atoms in total. The quantitative estimate of drug-likeness (QED) is 0.201. The van der Waals surface area contributed by atoms with Crippen molar-refractivity contribution >= 4 is 11.9 Å². The molecule has 14 atom stereocenters. The molecule has 0 spiro atoms. The van der Waals surface area contributed by atoms with Gasteiger partial charge in [-0.1, -0.05) is 13.8 Å². The maximum absolute atomic E-state index is 12.6. The second kappa shape index (κ2) is 18.8. The van der Waals surface area contributed by atoms with Gasteiger partial charge in [-0.3, -0.25) is 15.3 Å². The Labute approximate surface area is 289 Å². The number of aliphatic hydroxyl groups is 2. The highest BCUT2D eigenvalue weighted by atomic mass is 16.6. The Bertz CT molecular complexity index is 998. The molecule has 1 heterocycles. The molecule has 4 fully saturated rings. The number of rotatable bonds is 14. The highest BCUT2D eigenvalue weighted by Gasteiger charge is 2.45. The van der Waals surface area contributed by atoms with E-state index in [9.17, 15) is 19.8 Å². The van der Waals surface area contributed by atoms with Gasteiger partial charge in [-0.05, 0) is 124 Å². The molecule has 0 aromatic heterocycles. The number of quaternary nitrogens is 1. The molecule has 1 saturated heterocycles. The number of hydrogen-bond acceptors (Lipinski definition) is 9. The van der Waals surface area contributed by atoms with E-state index in [4.69, 9.17) is 24.7 Å². The van der Waals surface area contributed by atoms with Gasteiger partial charge >= 0.3 is 11.9 Å². The average molecular weight is 682 g/mol.